The van der Waals surface area contributed by atoms with E-state index >= 15 is 0 Å². The summed E-state index contributed by atoms with van der Waals surface area (Å²) in [5, 5.41) is 3.09. The molecule has 0 unspecified atom stereocenters. The van der Waals surface area contributed by atoms with Crippen LogP contribution in [-0.4, -0.2) is 18.6 Å². The molecule has 0 heterocycles. The molecule has 4 heteroatoms. The number of hydrogen-bond acceptors (Lipinski definition) is 3. The van der Waals surface area contributed by atoms with Gasteiger partial charge in [0.1, 0.15) is 5.75 Å². The topological polar surface area (TPSA) is 64.3 Å². The van der Waals surface area contributed by atoms with Crippen LogP contribution in [0.5, 0.6) is 5.75 Å². The zero-order valence-corrected chi connectivity index (χ0v) is 13.6. The molecule has 1 aliphatic carbocycles. The van der Waals surface area contributed by atoms with E-state index in [4.69, 9.17) is 10.5 Å². The van der Waals surface area contributed by atoms with Crippen LogP contribution in [0.3, 0.4) is 0 Å². The normalized spacial score (nSPS) is 15.0. The van der Waals surface area contributed by atoms with Gasteiger partial charge in [-0.3, -0.25) is 4.79 Å². The van der Waals surface area contributed by atoms with Crippen molar-refractivity contribution in [3.05, 3.63) is 23.8 Å². The fourth-order valence-electron chi connectivity index (χ4n) is 2.85. The second-order valence-electron chi connectivity index (χ2n) is 6.12. The Morgan fingerprint density at radius 3 is 2.77 bits per heavy atom. The molecule has 4 nitrogen and oxygen atoms in total. The highest BCUT2D eigenvalue weighted by Gasteiger charge is 2.18. The fourth-order valence-corrected chi connectivity index (χ4v) is 2.85. The van der Waals surface area contributed by atoms with Crippen LogP contribution >= 0.6 is 0 Å². The van der Waals surface area contributed by atoms with Gasteiger partial charge in [0.15, 0.2) is 0 Å². The van der Waals surface area contributed by atoms with Crippen molar-refractivity contribution in [2.75, 3.05) is 12.3 Å². The molecule has 1 aromatic rings. The first-order chi connectivity index (χ1) is 10.7. The molecule has 122 valence electrons. The summed E-state index contributed by atoms with van der Waals surface area (Å²) in [7, 11) is 0. The smallest absolute Gasteiger partial charge is 0.251 e. The molecule has 0 spiro atoms. The molecule has 2 rings (SSSR count). The Bertz CT molecular complexity index is 482. The lowest BCUT2D eigenvalue weighted by Crippen LogP contribution is -2.32. The number of ether oxygens (including phenoxy) is 1. The Morgan fingerprint density at radius 1 is 1.27 bits per heavy atom. The number of hydrogen-bond donors (Lipinski definition) is 2. The second-order valence-corrected chi connectivity index (χ2v) is 6.12. The molecule has 1 saturated carbocycles. The van der Waals surface area contributed by atoms with Crippen LogP contribution in [-0.2, 0) is 0 Å². The Kier molecular flexibility index (Phi) is 6.56. The predicted octanol–water partition coefficient (Wildman–Crippen LogP) is 3.90. The first-order valence-electron chi connectivity index (χ1n) is 8.54. The molecule has 1 amide bonds. The summed E-state index contributed by atoms with van der Waals surface area (Å²) in [4.78, 5) is 12.3. The van der Waals surface area contributed by atoms with Crippen LogP contribution in [0.1, 0.15) is 68.6 Å². The molecule has 22 heavy (non-hydrogen) atoms. The van der Waals surface area contributed by atoms with E-state index in [9.17, 15) is 4.79 Å². The Hall–Kier alpha value is -1.71. The number of benzene rings is 1. The number of carbonyl (C=O) groups excluding carboxylic acids is 1. The highest BCUT2D eigenvalue weighted by atomic mass is 16.5. The molecular weight excluding hydrogens is 276 g/mol. The van der Waals surface area contributed by atoms with Crippen LogP contribution in [0.2, 0.25) is 0 Å². The standard InChI is InChI=1S/C18H28N2O2/c1-2-3-4-7-12-22-17-13-14(10-11-16(17)19)18(21)20-15-8-5-6-9-15/h10-11,13,15H,2-9,12,19H2,1H3,(H,20,21). The average molecular weight is 304 g/mol. The van der Waals surface area contributed by atoms with E-state index in [1.165, 1.54) is 25.7 Å². The number of nitrogens with two attached hydrogens (primary N) is 1. The van der Waals surface area contributed by atoms with E-state index in [1.54, 1.807) is 18.2 Å². The number of anilines is 1. The molecule has 0 aliphatic heterocycles. The number of carbonyl (C=O) groups is 1. The Balaban J connectivity index is 1.89. The minimum Gasteiger partial charge on any atom is -0.491 e. The third-order valence-electron chi connectivity index (χ3n) is 4.22. The number of rotatable bonds is 8. The first-order valence-corrected chi connectivity index (χ1v) is 8.54. The van der Waals surface area contributed by atoms with E-state index in [1.807, 2.05) is 0 Å². The second kappa shape index (κ2) is 8.66. The van der Waals surface area contributed by atoms with Crippen LogP contribution in [0.25, 0.3) is 0 Å². The summed E-state index contributed by atoms with van der Waals surface area (Å²) in [6.07, 6.45) is 9.20. The van der Waals surface area contributed by atoms with Crippen molar-refractivity contribution in [2.45, 2.75) is 64.3 Å². The van der Waals surface area contributed by atoms with Crippen LogP contribution in [0.15, 0.2) is 18.2 Å². The monoisotopic (exact) mass is 304 g/mol. The summed E-state index contributed by atoms with van der Waals surface area (Å²) in [5.74, 6) is 0.596. The van der Waals surface area contributed by atoms with Crippen molar-refractivity contribution in [1.82, 2.24) is 5.32 Å². The summed E-state index contributed by atoms with van der Waals surface area (Å²) < 4.78 is 5.74. The van der Waals surface area contributed by atoms with Crippen molar-refractivity contribution in [3.63, 3.8) is 0 Å². The highest BCUT2D eigenvalue weighted by Crippen LogP contribution is 2.24. The van der Waals surface area contributed by atoms with Gasteiger partial charge in [-0.25, -0.2) is 0 Å². The minimum atomic E-state index is -0.0252. The van der Waals surface area contributed by atoms with Gasteiger partial charge in [0.25, 0.3) is 5.91 Å². The molecule has 3 N–H and O–H groups in total. The molecule has 1 aromatic carbocycles. The van der Waals surface area contributed by atoms with Gasteiger partial charge in [-0.05, 0) is 37.5 Å². The lowest BCUT2D eigenvalue weighted by molar-refractivity contribution is 0.0937. The van der Waals surface area contributed by atoms with E-state index in [0.29, 0.717) is 29.6 Å². The molecular formula is C18H28N2O2. The van der Waals surface area contributed by atoms with E-state index in [0.717, 1.165) is 25.7 Å². The fraction of sp³-hybridized carbons (Fsp3) is 0.611. The zero-order chi connectivity index (χ0) is 15.8. The molecule has 1 fully saturated rings. The number of nitrogen functional groups attached to an aromatic ring is 1. The Morgan fingerprint density at radius 2 is 2.05 bits per heavy atom. The van der Waals surface area contributed by atoms with Crippen molar-refractivity contribution in [1.29, 1.82) is 0 Å². The zero-order valence-electron chi connectivity index (χ0n) is 13.6. The summed E-state index contributed by atoms with van der Waals surface area (Å²) >= 11 is 0. The molecule has 0 saturated heterocycles. The first kappa shape index (κ1) is 16.7. The molecule has 1 aliphatic rings. The van der Waals surface area contributed by atoms with Crippen LogP contribution in [0, 0.1) is 0 Å². The van der Waals surface area contributed by atoms with Gasteiger partial charge in [0.05, 0.1) is 12.3 Å². The summed E-state index contributed by atoms with van der Waals surface area (Å²) in [5.41, 5.74) is 7.16. The number of unbranched alkanes of at least 4 members (excludes halogenated alkanes) is 3. The van der Waals surface area contributed by atoms with Crippen LogP contribution in [0.4, 0.5) is 5.69 Å². The third kappa shape index (κ3) is 4.93. The van der Waals surface area contributed by atoms with Gasteiger partial charge in [0, 0.05) is 11.6 Å². The number of nitrogens with one attached hydrogen (secondary N) is 1. The van der Waals surface area contributed by atoms with Gasteiger partial charge in [0.2, 0.25) is 0 Å². The van der Waals surface area contributed by atoms with Crippen molar-refractivity contribution in [2.24, 2.45) is 0 Å². The van der Waals surface area contributed by atoms with E-state index in [-0.39, 0.29) is 5.91 Å². The van der Waals surface area contributed by atoms with Gasteiger partial charge in [-0.15, -0.1) is 0 Å². The number of amides is 1. The lowest BCUT2D eigenvalue weighted by Gasteiger charge is -2.14. The van der Waals surface area contributed by atoms with Gasteiger partial charge < -0.3 is 15.8 Å². The van der Waals surface area contributed by atoms with Crippen molar-refractivity contribution >= 4 is 11.6 Å². The van der Waals surface area contributed by atoms with Crippen molar-refractivity contribution < 1.29 is 9.53 Å². The van der Waals surface area contributed by atoms with Gasteiger partial charge in [-0.1, -0.05) is 39.0 Å². The van der Waals surface area contributed by atoms with Gasteiger partial charge in [-0.2, -0.15) is 0 Å². The van der Waals surface area contributed by atoms with E-state index in [2.05, 4.69) is 12.2 Å². The summed E-state index contributed by atoms with van der Waals surface area (Å²) in [6.45, 7) is 2.84. The maximum absolute atomic E-state index is 12.3. The third-order valence-corrected chi connectivity index (χ3v) is 4.22. The van der Waals surface area contributed by atoms with Gasteiger partial charge >= 0.3 is 0 Å². The highest BCUT2D eigenvalue weighted by molar-refractivity contribution is 5.95. The molecule has 0 bridgehead atoms. The minimum absolute atomic E-state index is 0.0252. The van der Waals surface area contributed by atoms with Crippen molar-refractivity contribution in [3.8, 4) is 5.75 Å². The Labute approximate surface area is 133 Å². The maximum atomic E-state index is 12.3. The quantitative estimate of drug-likeness (QED) is 0.565. The summed E-state index contributed by atoms with van der Waals surface area (Å²) in [6, 6.07) is 5.61. The maximum Gasteiger partial charge on any atom is 0.251 e. The molecule has 0 aromatic heterocycles. The molecule has 0 radical (unpaired) electrons. The van der Waals surface area contributed by atoms with Crippen LogP contribution < -0.4 is 15.8 Å². The average Bonchev–Trinajstić information content (AvgIpc) is 3.01. The lowest BCUT2D eigenvalue weighted by atomic mass is 10.1. The predicted molar refractivity (Wildman–Crippen MR) is 90.2 cm³/mol. The molecule has 0 atom stereocenters. The SMILES string of the molecule is CCCCCCOc1cc(C(=O)NC2CCCC2)ccc1N. The largest absolute Gasteiger partial charge is 0.491 e. The van der Waals surface area contributed by atoms with E-state index < -0.39 is 0 Å².